The number of hydrogen-bond donors (Lipinski definition) is 1. The molecule has 6 nitrogen and oxygen atoms in total. The first-order valence-corrected chi connectivity index (χ1v) is 8.50. The summed E-state index contributed by atoms with van der Waals surface area (Å²) < 4.78 is 10.6. The largest absolute Gasteiger partial charge is 0.485 e. The van der Waals surface area contributed by atoms with Crippen LogP contribution in [0.3, 0.4) is 0 Å². The Morgan fingerprint density at radius 2 is 1.81 bits per heavy atom. The molecule has 0 aliphatic carbocycles. The smallest absolute Gasteiger partial charge is 0.259 e. The lowest BCUT2D eigenvalue weighted by molar-refractivity contribution is 0.102. The van der Waals surface area contributed by atoms with Crippen LogP contribution >= 0.6 is 0 Å². The van der Waals surface area contributed by atoms with E-state index < -0.39 is 0 Å². The topological polar surface area (TPSA) is 77.2 Å². The van der Waals surface area contributed by atoms with E-state index in [0.717, 1.165) is 16.5 Å². The van der Waals surface area contributed by atoms with Crippen LogP contribution in [0.1, 0.15) is 22.1 Å². The van der Waals surface area contributed by atoms with Gasteiger partial charge in [0.1, 0.15) is 5.75 Å². The molecule has 4 rings (SSSR count). The van der Waals surface area contributed by atoms with Crippen molar-refractivity contribution in [3.05, 3.63) is 84.0 Å². The van der Waals surface area contributed by atoms with E-state index in [9.17, 15) is 4.79 Å². The predicted molar refractivity (Wildman–Crippen MR) is 102 cm³/mol. The number of carbonyl (C=O) groups excluding carboxylic acids is 1. The van der Waals surface area contributed by atoms with Gasteiger partial charge in [-0.3, -0.25) is 4.79 Å². The molecule has 0 spiro atoms. The molecule has 0 aliphatic heterocycles. The van der Waals surface area contributed by atoms with Crippen molar-refractivity contribution in [1.82, 2.24) is 10.1 Å². The van der Waals surface area contributed by atoms with Gasteiger partial charge in [-0.1, -0.05) is 47.6 Å². The Kier molecular flexibility index (Phi) is 4.53. The number of nitrogens with zero attached hydrogens (tertiary/aromatic N) is 2. The molecule has 0 bridgehead atoms. The third-order valence-electron chi connectivity index (χ3n) is 4.07. The normalized spacial score (nSPS) is 10.7. The predicted octanol–water partition coefficient (Wildman–Crippen LogP) is 4.36. The molecule has 6 heteroatoms. The van der Waals surface area contributed by atoms with Crippen molar-refractivity contribution < 1.29 is 14.1 Å². The molecular formula is C21H17N3O3. The van der Waals surface area contributed by atoms with Gasteiger partial charge in [0, 0.05) is 12.6 Å². The van der Waals surface area contributed by atoms with Crippen LogP contribution in [0.25, 0.3) is 10.8 Å². The molecule has 1 aromatic heterocycles. The molecule has 0 aliphatic rings. The van der Waals surface area contributed by atoms with Gasteiger partial charge >= 0.3 is 0 Å². The molecule has 0 saturated heterocycles. The fourth-order valence-corrected chi connectivity index (χ4v) is 2.79. The first kappa shape index (κ1) is 16.8. The highest BCUT2D eigenvalue weighted by molar-refractivity contribution is 6.07. The van der Waals surface area contributed by atoms with Gasteiger partial charge in [0.2, 0.25) is 11.7 Å². The molecule has 0 fully saturated rings. The van der Waals surface area contributed by atoms with Crippen molar-refractivity contribution in [2.24, 2.45) is 0 Å². The van der Waals surface area contributed by atoms with Crippen molar-refractivity contribution in [3.8, 4) is 5.75 Å². The van der Waals surface area contributed by atoms with Gasteiger partial charge in [0.05, 0.1) is 5.56 Å². The quantitative estimate of drug-likeness (QED) is 0.573. The monoisotopic (exact) mass is 359 g/mol. The number of rotatable bonds is 5. The Balaban J connectivity index is 1.52. The van der Waals surface area contributed by atoms with E-state index in [2.05, 4.69) is 15.5 Å². The average molecular weight is 359 g/mol. The number of para-hydroxylation sites is 1. The molecule has 4 aromatic rings. The third kappa shape index (κ3) is 3.79. The second-order valence-electron chi connectivity index (χ2n) is 6.03. The Bertz CT molecular complexity index is 1100. The van der Waals surface area contributed by atoms with Crippen LogP contribution in [0, 0.1) is 6.92 Å². The summed E-state index contributed by atoms with van der Waals surface area (Å²) in [6.45, 7) is 1.83. The standard InChI is InChI=1S/C21H17N3O3/c1-14-22-20(24-27-14)13-26-19-9-5-4-8-18(19)21(25)23-17-11-10-15-6-2-3-7-16(15)12-17/h2-12H,13H2,1H3,(H,23,25). The number of aromatic nitrogens is 2. The van der Waals surface area contributed by atoms with Crippen LogP contribution in [0.4, 0.5) is 5.69 Å². The maximum Gasteiger partial charge on any atom is 0.259 e. The van der Waals surface area contributed by atoms with Crippen molar-refractivity contribution >= 4 is 22.4 Å². The van der Waals surface area contributed by atoms with Crippen molar-refractivity contribution in [2.45, 2.75) is 13.5 Å². The Hall–Kier alpha value is -3.67. The summed E-state index contributed by atoms with van der Waals surface area (Å²) in [5.74, 6) is 1.11. The number of benzene rings is 3. The van der Waals surface area contributed by atoms with Crippen LogP contribution in [0.2, 0.25) is 0 Å². The maximum atomic E-state index is 12.7. The van der Waals surface area contributed by atoms with Gasteiger partial charge in [-0.2, -0.15) is 4.98 Å². The van der Waals surface area contributed by atoms with Gasteiger partial charge in [-0.25, -0.2) is 0 Å². The summed E-state index contributed by atoms with van der Waals surface area (Å²) in [5, 5.41) is 8.90. The highest BCUT2D eigenvalue weighted by atomic mass is 16.5. The highest BCUT2D eigenvalue weighted by Crippen LogP contribution is 2.23. The van der Waals surface area contributed by atoms with Gasteiger partial charge in [0.25, 0.3) is 5.91 Å². The second kappa shape index (κ2) is 7.29. The van der Waals surface area contributed by atoms with E-state index in [-0.39, 0.29) is 12.5 Å². The van der Waals surface area contributed by atoms with Gasteiger partial charge in [-0.05, 0) is 35.0 Å². The zero-order chi connectivity index (χ0) is 18.6. The number of amides is 1. The van der Waals surface area contributed by atoms with E-state index in [0.29, 0.717) is 23.0 Å². The summed E-state index contributed by atoms with van der Waals surface area (Å²) in [6.07, 6.45) is 0. The molecule has 3 aromatic carbocycles. The summed E-state index contributed by atoms with van der Waals surface area (Å²) in [7, 11) is 0. The second-order valence-corrected chi connectivity index (χ2v) is 6.03. The van der Waals surface area contributed by atoms with Crippen LogP contribution in [0.15, 0.2) is 71.3 Å². The number of ether oxygens (including phenoxy) is 1. The lowest BCUT2D eigenvalue weighted by Gasteiger charge is -2.11. The lowest BCUT2D eigenvalue weighted by atomic mass is 10.1. The summed E-state index contributed by atoms with van der Waals surface area (Å²) >= 11 is 0. The minimum Gasteiger partial charge on any atom is -0.485 e. The highest BCUT2D eigenvalue weighted by Gasteiger charge is 2.14. The van der Waals surface area contributed by atoms with Gasteiger partial charge < -0.3 is 14.6 Å². The molecule has 0 atom stereocenters. The van der Waals surface area contributed by atoms with Crippen LogP contribution in [-0.4, -0.2) is 16.0 Å². The Morgan fingerprint density at radius 3 is 2.63 bits per heavy atom. The van der Waals surface area contributed by atoms with E-state index in [1.54, 1.807) is 25.1 Å². The molecule has 27 heavy (non-hydrogen) atoms. The Morgan fingerprint density at radius 1 is 1.04 bits per heavy atom. The zero-order valence-electron chi connectivity index (χ0n) is 14.7. The molecule has 1 N–H and O–H groups in total. The van der Waals surface area contributed by atoms with Crippen LogP contribution in [-0.2, 0) is 6.61 Å². The molecular weight excluding hydrogens is 342 g/mol. The molecule has 1 heterocycles. The Labute approximate surface area is 155 Å². The third-order valence-corrected chi connectivity index (χ3v) is 4.07. The van der Waals surface area contributed by atoms with Gasteiger partial charge in [-0.15, -0.1) is 0 Å². The number of nitrogens with one attached hydrogen (secondary N) is 1. The summed E-state index contributed by atoms with van der Waals surface area (Å²) in [5.41, 5.74) is 1.16. The summed E-state index contributed by atoms with van der Waals surface area (Å²) in [6, 6.07) is 20.9. The fourth-order valence-electron chi connectivity index (χ4n) is 2.79. The van der Waals surface area contributed by atoms with E-state index in [4.69, 9.17) is 9.26 Å². The molecule has 134 valence electrons. The number of fused-ring (bicyclic) bond motifs is 1. The van der Waals surface area contributed by atoms with Crippen molar-refractivity contribution in [2.75, 3.05) is 5.32 Å². The van der Waals surface area contributed by atoms with E-state index in [1.807, 2.05) is 48.5 Å². The SMILES string of the molecule is Cc1nc(COc2ccccc2C(=O)Nc2ccc3ccccc3c2)no1. The van der Waals surface area contributed by atoms with Crippen LogP contribution < -0.4 is 10.1 Å². The number of aryl methyl sites for hydroxylation is 1. The maximum absolute atomic E-state index is 12.7. The average Bonchev–Trinajstić information content (AvgIpc) is 3.11. The minimum absolute atomic E-state index is 0.123. The molecule has 0 saturated carbocycles. The number of carbonyl (C=O) groups is 1. The fraction of sp³-hybridized carbons (Fsp3) is 0.0952. The molecule has 0 radical (unpaired) electrons. The van der Waals surface area contributed by atoms with Crippen LogP contribution in [0.5, 0.6) is 5.75 Å². The number of hydrogen-bond acceptors (Lipinski definition) is 5. The zero-order valence-corrected chi connectivity index (χ0v) is 14.7. The molecule has 0 unspecified atom stereocenters. The number of anilines is 1. The van der Waals surface area contributed by atoms with Gasteiger partial charge in [0.15, 0.2) is 6.61 Å². The lowest BCUT2D eigenvalue weighted by Crippen LogP contribution is -2.13. The minimum atomic E-state index is -0.245. The van der Waals surface area contributed by atoms with Crippen molar-refractivity contribution in [1.29, 1.82) is 0 Å². The first-order valence-electron chi connectivity index (χ1n) is 8.50. The summed E-state index contributed by atoms with van der Waals surface area (Å²) in [4.78, 5) is 16.8. The first-order chi connectivity index (χ1) is 13.2. The van der Waals surface area contributed by atoms with E-state index in [1.165, 1.54) is 0 Å². The van der Waals surface area contributed by atoms with Crippen molar-refractivity contribution in [3.63, 3.8) is 0 Å². The molecule has 1 amide bonds. The van der Waals surface area contributed by atoms with E-state index >= 15 is 0 Å².